The standard InChI is InChI=1S/C10H11N2/c1-3-12-10-7-5-4-6-9(10)8(2)11-12/h5-7H,3H2,1-2H3. The van der Waals surface area contributed by atoms with Crippen molar-refractivity contribution in [2.75, 3.05) is 0 Å². The molecule has 0 aliphatic carbocycles. The zero-order valence-corrected chi connectivity index (χ0v) is 7.33. The van der Waals surface area contributed by atoms with Crippen LogP contribution in [0.3, 0.4) is 0 Å². The number of benzene rings is 1. The lowest BCUT2D eigenvalue weighted by Gasteiger charge is -1.95. The summed E-state index contributed by atoms with van der Waals surface area (Å²) < 4.78 is 2.01. The molecule has 0 aliphatic heterocycles. The van der Waals surface area contributed by atoms with Gasteiger partial charge in [-0.2, -0.15) is 5.10 Å². The number of aryl methyl sites for hydroxylation is 2. The normalized spacial score (nSPS) is 10.8. The fourth-order valence-corrected chi connectivity index (χ4v) is 1.47. The van der Waals surface area contributed by atoms with Crippen LogP contribution in [-0.4, -0.2) is 9.78 Å². The van der Waals surface area contributed by atoms with Crippen molar-refractivity contribution in [1.82, 2.24) is 9.78 Å². The Labute approximate surface area is 71.8 Å². The zero-order chi connectivity index (χ0) is 8.55. The van der Waals surface area contributed by atoms with E-state index in [4.69, 9.17) is 0 Å². The van der Waals surface area contributed by atoms with Crippen LogP contribution in [0.5, 0.6) is 0 Å². The molecule has 2 heteroatoms. The van der Waals surface area contributed by atoms with Crippen molar-refractivity contribution in [3.05, 3.63) is 30.0 Å². The third kappa shape index (κ3) is 0.916. The molecule has 1 aromatic carbocycles. The van der Waals surface area contributed by atoms with Crippen LogP contribution in [0.1, 0.15) is 12.6 Å². The van der Waals surface area contributed by atoms with Crippen molar-refractivity contribution >= 4 is 10.9 Å². The second-order valence-electron chi connectivity index (χ2n) is 2.84. The molecule has 1 radical (unpaired) electrons. The zero-order valence-electron chi connectivity index (χ0n) is 7.33. The highest BCUT2D eigenvalue weighted by Gasteiger charge is 2.03. The first kappa shape index (κ1) is 7.35. The van der Waals surface area contributed by atoms with E-state index in [1.807, 2.05) is 23.7 Å². The van der Waals surface area contributed by atoms with Gasteiger partial charge in [-0.1, -0.05) is 6.07 Å². The summed E-state index contributed by atoms with van der Waals surface area (Å²) in [7, 11) is 0. The Morgan fingerprint density at radius 2 is 2.42 bits per heavy atom. The smallest absolute Gasteiger partial charge is 0.0685 e. The number of hydrogen-bond donors (Lipinski definition) is 0. The molecule has 0 bridgehead atoms. The van der Waals surface area contributed by atoms with E-state index in [0.717, 1.165) is 12.2 Å². The first-order valence-corrected chi connectivity index (χ1v) is 4.16. The molecule has 0 spiro atoms. The lowest BCUT2D eigenvalue weighted by atomic mass is 10.2. The summed E-state index contributed by atoms with van der Waals surface area (Å²) in [5.41, 5.74) is 2.29. The summed E-state index contributed by atoms with van der Waals surface area (Å²) >= 11 is 0. The third-order valence-corrected chi connectivity index (χ3v) is 2.08. The van der Waals surface area contributed by atoms with Crippen molar-refractivity contribution in [1.29, 1.82) is 0 Å². The van der Waals surface area contributed by atoms with Gasteiger partial charge in [0.2, 0.25) is 0 Å². The highest BCUT2D eigenvalue weighted by Crippen LogP contribution is 2.16. The van der Waals surface area contributed by atoms with Crippen molar-refractivity contribution in [3.63, 3.8) is 0 Å². The molecule has 0 saturated heterocycles. The van der Waals surface area contributed by atoms with Gasteiger partial charge in [0, 0.05) is 11.9 Å². The Bertz CT molecular complexity index is 401. The second kappa shape index (κ2) is 2.63. The predicted molar refractivity (Wildman–Crippen MR) is 49.0 cm³/mol. The molecule has 61 valence electrons. The van der Waals surface area contributed by atoms with E-state index in [9.17, 15) is 0 Å². The van der Waals surface area contributed by atoms with Gasteiger partial charge >= 0.3 is 0 Å². The van der Waals surface area contributed by atoms with Gasteiger partial charge in [-0.25, -0.2) is 0 Å². The summed E-state index contributed by atoms with van der Waals surface area (Å²) in [4.78, 5) is 0. The number of rotatable bonds is 1. The number of fused-ring (bicyclic) bond motifs is 1. The highest BCUT2D eigenvalue weighted by atomic mass is 15.3. The molecular weight excluding hydrogens is 148 g/mol. The molecule has 1 heterocycles. The molecular formula is C10H11N2. The van der Waals surface area contributed by atoms with Gasteiger partial charge in [0.1, 0.15) is 0 Å². The second-order valence-corrected chi connectivity index (χ2v) is 2.84. The van der Waals surface area contributed by atoms with Crippen LogP contribution >= 0.6 is 0 Å². The quantitative estimate of drug-likeness (QED) is 0.623. The van der Waals surface area contributed by atoms with Gasteiger partial charge in [-0.05, 0) is 32.0 Å². The van der Waals surface area contributed by atoms with Gasteiger partial charge in [-0.15, -0.1) is 0 Å². The van der Waals surface area contributed by atoms with E-state index in [2.05, 4.69) is 24.2 Å². The fraction of sp³-hybridized carbons (Fsp3) is 0.300. The van der Waals surface area contributed by atoms with Gasteiger partial charge in [0.05, 0.1) is 11.2 Å². The molecule has 0 saturated carbocycles. The van der Waals surface area contributed by atoms with E-state index in [-0.39, 0.29) is 0 Å². The van der Waals surface area contributed by atoms with Gasteiger partial charge < -0.3 is 0 Å². The molecule has 2 rings (SSSR count). The van der Waals surface area contributed by atoms with E-state index in [1.54, 1.807) is 0 Å². The van der Waals surface area contributed by atoms with Crippen molar-refractivity contribution in [2.24, 2.45) is 0 Å². The van der Waals surface area contributed by atoms with Crippen LogP contribution in [0.15, 0.2) is 18.2 Å². The first-order valence-electron chi connectivity index (χ1n) is 4.16. The van der Waals surface area contributed by atoms with E-state index < -0.39 is 0 Å². The van der Waals surface area contributed by atoms with Gasteiger partial charge in [-0.3, -0.25) is 4.68 Å². The lowest BCUT2D eigenvalue weighted by molar-refractivity contribution is 0.676. The summed E-state index contributed by atoms with van der Waals surface area (Å²) in [5.74, 6) is 0. The molecule has 2 nitrogen and oxygen atoms in total. The monoisotopic (exact) mass is 159 g/mol. The van der Waals surface area contributed by atoms with Crippen molar-refractivity contribution in [2.45, 2.75) is 20.4 Å². The summed E-state index contributed by atoms with van der Waals surface area (Å²) in [6.07, 6.45) is 0. The van der Waals surface area contributed by atoms with Crippen molar-refractivity contribution < 1.29 is 0 Å². The van der Waals surface area contributed by atoms with Crippen LogP contribution in [0.4, 0.5) is 0 Å². The Morgan fingerprint density at radius 3 is 3.17 bits per heavy atom. The topological polar surface area (TPSA) is 17.8 Å². The van der Waals surface area contributed by atoms with Crippen molar-refractivity contribution in [3.8, 4) is 0 Å². The maximum atomic E-state index is 4.40. The Hall–Kier alpha value is -1.31. The Balaban J connectivity index is 2.82. The maximum Gasteiger partial charge on any atom is 0.0685 e. The molecule has 0 N–H and O–H groups in total. The first-order chi connectivity index (χ1) is 5.83. The number of nitrogens with zero attached hydrogens (tertiary/aromatic N) is 2. The number of aromatic nitrogens is 2. The molecule has 0 amide bonds. The lowest BCUT2D eigenvalue weighted by Crippen LogP contribution is -1.95. The summed E-state index contributed by atoms with van der Waals surface area (Å²) in [5, 5.41) is 5.61. The predicted octanol–water partition coefficient (Wildman–Crippen LogP) is 2.16. The van der Waals surface area contributed by atoms with E-state index >= 15 is 0 Å². The van der Waals surface area contributed by atoms with E-state index in [1.165, 1.54) is 10.9 Å². The van der Waals surface area contributed by atoms with Gasteiger partial charge in [0.15, 0.2) is 0 Å². The largest absolute Gasteiger partial charge is 0.265 e. The summed E-state index contributed by atoms with van der Waals surface area (Å²) in [6.45, 7) is 5.05. The minimum Gasteiger partial charge on any atom is -0.265 e. The molecule has 12 heavy (non-hydrogen) atoms. The maximum absolute atomic E-state index is 4.40. The van der Waals surface area contributed by atoms with Crippen LogP contribution < -0.4 is 0 Å². The van der Waals surface area contributed by atoms with Crippen LogP contribution in [0, 0.1) is 13.0 Å². The van der Waals surface area contributed by atoms with Gasteiger partial charge in [0.25, 0.3) is 0 Å². The van der Waals surface area contributed by atoms with Crippen LogP contribution in [-0.2, 0) is 6.54 Å². The Morgan fingerprint density at radius 1 is 1.58 bits per heavy atom. The molecule has 1 aromatic heterocycles. The average molecular weight is 159 g/mol. The third-order valence-electron chi connectivity index (χ3n) is 2.08. The minimum absolute atomic E-state index is 0.925. The molecule has 0 aliphatic rings. The fourth-order valence-electron chi connectivity index (χ4n) is 1.47. The molecule has 0 fully saturated rings. The molecule has 0 unspecified atom stereocenters. The SMILES string of the molecule is CCn1nc(C)c2c[c]ccc21. The minimum atomic E-state index is 0.925. The Kier molecular flexibility index (Phi) is 1.61. The average Bonchev–Trinajstić information content (AvgIpc) is 2.44. The highest BCUT2D eigenvalue weighted by molar-refractivity contribution is 5.81. The summed E-state index contributed by atoms with van der Waals surface area (Å²) in [6, 6.07) is 9.03. The van der Waals surface area contributed by atoms with Crippen LogP contribution in [0.2, 0.25) is 0 Å². The van der Waals surface area contributed by atoms with E-state index in [0.29, 0.717) is 0 Å². The van der Waals surface area contributed by atoms with Crippen LogP contribution in [0.25, 0.3) is 10.9 Å². The number of hydrogen-bond acceptors (Lipinski definition) is 1. The molecule has 2 aromatic rings. The molecule has 0 atom stereocenters.